The van der Waals surface area contributed by atoms with Gasteiger partial charge in [-0.25, -0.2) is 0 Å². The van der Waals surface area contributed by atoms with Crippen molar-refractivity contribution >= 4 is 17.9 Å². The fourth-order valence-corrected chi connectivity index (χ4v) is 6.10. The van der Waals surface area contributed by atoms with Crippen LogP contribution in [0.5, 0.6) is 0 Å². The molecule has 0 aromatic rings. The van der Waals surface area contributed by atoms with E-state index in [4.69, 9.17) is 14.2 Å². The smallest absolute Gasteiger partial charge is 0.306 e. The molecular formula is C51H86O6. The molecule has 326 valence electrons. The molecule has 0 bridgehead atoms. The zero-order valence-electron chi connectivity index (χ0n) is 37.1. The number of carbonyl (C=O) groups is 3. The van der Waals surface area contributed by atoms with Crippen molar-refractivity contribution in [1.29, 1.82) is 0 Å². The number of unbranched alkanes of at least 4 members (excludes halogenated alkanes) is 18. The van der Waals surface area contributed by atoms with Crippen LogP contribution >= 0.6 is 0 Å². The van der Waals surface area contributed by atoms with E-state index in [2.05, 4.69) is 87.6 Å². The van der Waals surface area contributed by atoms with E-state index in [-0.39, 0.29) is 38.0 Å². The van der Waals surface area contributed by atoms with Gasteiger partial charge >= 0.3 is 17.9 Å². The summed E-state index contributed by atoms with van der Waals surface area (Å²) in [6, 6.07) is 0. The van der Waals surface area contributed by atoms with Gasteiger partial charge < -0.3 is 14.2 Å². The van der Waals surface area contributed by atoms with Gasteiger partial charge in [-0.3, -0.25) is 14.4 Å². The average Bonchev–Trinajstić information content (AvgIpc) is 3.21. The van der Waals surface area contributed by atoms with E-state index in [1.165, 1.54) is 109 Å². The second kappa shape index (κ2) is 45.6. The minimum atomic E-state index is -0.834. The third kappa shape index (κ3) is 43.8. The highest BCUT2D eigenvalue weighted by molar-refractivity contribution is 5.71. The molecule has 6 nitrogen and oxygen atoms in total. The molecule has 0 aromatic heterocycles. The lowest BCUT2D eigenvalue weighted by Gasteiger charge is -2.18. The lowest BCUT2D eigenvalue weighted by Crippen LogP contribution is -2.30. The monoisotopic (exact) mass is 795 g/mol. The van der Waals surface area contributed by atoms with Crippen LogP contribution in [0.3, 0.4) is 0 Å². The van der Waals surface area contributed by atoms with Crippen molar-refractivity contribution in [1.82, 2.24) is 0 Å². The molecule has 0 aliphatic heterocycles. The van der Waals surface area contributed by atoms with Gasteiger partial charge in [-0.1, -0.05) is 177 Å². The minimum absolute atomic E-state index is 0.129. The number of hydrogen-bond acceptors (Lipinski definition) is 6. The first-order chi connectivity index (χ1) is 28.0. The molecule has 0 radical (unpaired) electrons. The Hall–Kier alpha value is -3.15. The highest BCUT2D eigenvalue weighted by Crippen LogP contribution is 2.11. The number of carbonyl (C=O) groups excluding carboxylic acids is 3. The molecule has 0 heterocycles. The van der Waals surface area contributed by atoms with Crippen molar-refractivity contribution in [3.8, 4) is 0 Å². The first kappa shape index (κ1) is 53.9. The van der Waals surface area contributed by atoms with Gasteiger partial charge in [-0.2, -0.15) is 0 Å². The van der Waals surface area contributed by atoms with Crippen molar-refractivity contribution < 1.29 is 28.6 Å². The minimum Gasteiger partial charge on any atom is -0.462 e. The van der Waals surface area contributed by atoms with Crippen LogP contribution in [0, 0.1) is 0 Å². The Morgan fingerprint density at radius 3 is 1.09 bits per heavy atom. The van der Waals surface area contributed by atoms with Crippen LogP contribution in [0.25, 0.3) is 0 Å². The molecule has 0 fully saturated rings. The van der Waals surface area contributed by atoms with Crippen LogP contribution in [0.4, 0.5) is 0 Å². The number of esters is 3. The number of rotatable bonds is 41. The van der Waals surface area contributed by atoms with Crippen LogP contribution in [-0.4, -0.2) is 37.2 Å². The largest absolute Gasteiger partial charge is 0.462 e. The van der Waals surface area contributed by atoms with Crippen LogP contribution in [0.15, 0.2) is 72.9 Å². The first-order valence-electron chi connectivity index (χ1n) is 23.4. The predicted octanol–water partition coefficient (Wildman–Crippen LogP) is 15.1. The van der Waals surface area contributed by atoms with Crippen molar-refractivity contribution in [2.45, 2.75) is 219 Å². The Morgan fingerprint density at radius 2 is 0.667 bits per heavy atom. The highest BCUT2D eigenvalue weighted by Gasteiger charge is 2.19. The molecule has 6 heteroatoms. The van der Waals surface area contributed by atoms with Gasteiger partial charge in [-0.05, 0) is 89.9 Å². The Morgan fingerprint density at radius 1 is 0.351 bits per heavy atom. The van der Waals surface area contributed by atoms with Gasteiger partial charge in [0.25, 0.3) is 0 Å². The average molecular weight is 795 g/mol. The Kier molecular flexibility index (Phi) is 43.0. The molecule has 0 saturated heterocycles. The van der Waals surface area contributed by atoms with Gasteiger partial charge in [0.15, 0.2) is 6.10 Å². The lowest BCUT2D eigenvalue weighted by atomic mass is 10.1. The maximum absolute atomic E-state index is 12.7. The topological polar surface area (TPSA) is 78.9 Å². The second-order valence-corrected chi connectivity index (χ2v) is 15.3. The van der Waals surface area contributed by atoms with Crippen LogP contribution in [-0.2, 0) is 28.6 Å². The van der Waals surface area contributed by atoms with Gasteiger partial charge in [0.1, 0.15) is 13.2 Å². The number of allylic oxidation sites excluding steroid dienone is 12. The Bertz CT molecular complexity index is 1100. The Labute approximate surface area is 351 Å². The van der Waals surface area contributed by atoms with E-state index in [9.17, 15) is 14.4 Å². The van der Waals surface area contributed by atoms with Crippen molar-refractivity contribution in [3.63, 3.8) is 0 Å². The third-order valence-electron chi connectivity index (χ3n) is 9.67. The molecule has 0 aromatic carbocycles. The molecular weight excluding hydrogens is 709 g/mol. The summed E-state index contributed by atoms with van der Waals surface area (Å²) in [5.41, 5.74) is 0. The number of hydrogen-bond donors (Lipinski definition) is 0. The zero-order valence-corrected chi connectivity index (χ0v) is 37.1. The maximum Gasteiger partial charge on any atom is 0.306 e. The van der Waals surface area contributed by atoms with E-state index >= 15 is 0 Å². The van der Waals surface area contributed by atoms with Crippen LogP contribution < -0.4 is 0 Å². The molecule has 0 aliphatic rings. The van der Waals surface area contributed by atoms with Gasteiger partial charge in [0.2, 0.25) is 0 Å². The molecule has 1 atom stereocenters. The van der Waals surface area contributed by atoms with Gasteiger partial charge in [0.05, 0.1) is 0 Å². The van der Waals surface area contributed by atoms with E-state index < -0.39 is 12.1 Å². The standard InChI is InChI=1S/C51H86O6/c1-4-7-10-13-16-19-21-23-24-25-26-28-29-32-35-38-41-44-50(53)56-47-48(46-55-49(52)43-40-37-34-31-18-15-12-9-6-3)57-51(54)45-42-39-36-33-30-27-22-20-17-14-11-8-5-2/h23-24,26-28,30-32,34-36,39,48H,4-22,25,29,33,37-38,40-47H2,1-3H3/b24-23-,28-26-,30-27-,34-31-,35-32-,39-36-. The number of ether oxygens (including phenoxy) is 3. The lowest BCUT2D eigenvalue weighted by molar-refractivity contribution is -0.166. The molecule has 0 rings (SSSR count). The summed E-state index contributed by atoms with van der Waals surface area (Å²) >= 11 is 0. The van der Waals surface area contributed by atoms with Crippen molar-refractivity contribution in [2.75, 3.05) is 13.2 Å². The molecule has 0 amide bonds. The van der Waals surface area contributed by atoms with Gasteiger partial charge in [0, 0.05) is 19.3 Å². The molecule has 0 spiro atoms. The molecule has 57 heavy (non-hydrogen) atoms. The summed E-state index contributed by atoms with van der Waals surface area (Å²) in [7, 11) is 0. The molecule has 0 saturated carbocycles. The predicted molar refractivity (Wildman–Crippen MR) is 242 cm³/mol. The Balaban J connectivity index is 4.52. The molecule has 0 aliphatic carbocycles. The van der Waals surface area contributed by atoms with E-state index in [0.29, 0.717) is 25.7 Å². The van der Waals surface area contributed by atoms with E-state index in [1.807, 2.05) is 6.08 Å². The summed E-state index contributed by atoms with van der Waals surface area (Å²) in [5.74, 6) is -1.09. The van der Waals surface area contributed by atoms with Crippen LogP contribution in [0.2, 0.25) is 0 Å². The maximum atomic E-state index is 12.7. The quantitative estimate of drug-likeness (QED) is 0.0265. The van der Waals surface area contributed by atoms with E-state index in [1.54, 1.807) is 0 Å². The fourth-order valence-electron chi connectivity index (χ4n) is 6.10. The fraction of sp³-hybridized carbons (Fsp3) is 0.706. The second-order valence-electron chi connectivity index (χ2n) is 15.3. The SMILES string of the molecule is CCCCCC/C=C\CCCC(=O)OCC(COC(=O)CCC/C=C\C/C=C\C/C=C\CCCCCCCC)OC(=O)CC/C=C\C/C=C\CCCCCCCC. The normalized spacial score (nSPS) is 12.7. The highest BCUT2D eigenvalue weighted by atomic mass is 16.6. The summed E-state index contributed by atoms with van der Waals surface area (Å²) in [4.78, 5) is 37.6. The van der Waals surface area contributed by atoms with Crippen molar-refractivity contribution in [3.05, 3.63) is 72.9 Å². The van der Waals surface area contributed by atoms with Crippen LogP contribution in [0.1, 0.15) is 213 Å². The molecule has 1 unspecified atom stereocenters. The van der Waals surface area contributed by atoms with Gasteiger partial charge in [-0.15, -0.1) is 0 Å². The molecule has 0 N–H and O–H groups in total. The third-order valence-corrected chi connectivity index (χ3v) is 9.67. The van der Waals surface area contributed by atoms with Crippen molar-refractivity contribution in [2.24, 2.45) is 0 Å². The summed E-state index contributed by atoms with van der Waals surface area (Å²) in [6.07, 6.45) is 56.3. The van der Waals surface area contributed by atoms with E-state index in [0.717, 1.165) is 44.9 Å². The summed E-state index contributed by atoms with van der Waals surface area (Å²) in [6.45, 7) is 6.45. The first-order valence-corrected chi connectivity index (χ1v) is 23.4. The summed E-state index contributed by atoms with van der Waals surface area (Å²) in [5, 5.41) is 0. The zero-order chi connectivity index (χ0) is 41.5. The summed E-state index contributed by atoms with van der Waals surface area (Å²) < 4.78 is 16.5.